The number of carbonyl (C=O) groups excluding carboxylic acids is 1. The number of rotatable bonds is 5. The van der Waals surface area contributed by atoms with Crippen LogP contribution in [0.25, 0.3) is 0 Å². The minimum Gasteiger partial charge on any atom is -0.383 e. The van der Waals surface area contributed by atoms with Gasteiger partial charge in [-0.05, 0) is 36.4 Å². The second-order valence-corrected chi connectivity index (χ2v) is 3.93. The highest BCUT2D eigenvalue weighted by molar-refractivity contribution is 5.94. The van der Waals surface area contributed by atoms with Crippen molar-refractivity contribution in [1.82, 2.24) is 10.3 Å². The van der Waals surface area contributed by atoms with Gasteiger partial charge in [-0.2, -0.15) is 0 Å². The quantitative estimate of drug-likeness (QED) is 0.808. The Bertz CT molecular complexity index is 528. The first-order valence-electron chi connectivity index (χ1n) is 5.93. The van der Waals surface area contributed by atoms with E-state index in [1.807, 2.05) is 12.1 Å². The van der Waals surface area contributed by atoms with Crippen molar-refractivity contribution in [2.24, 2.45) is 0 Å². The van der Waals surface area contributed by atoms with Crippen molar-refractivity contribution >= 4 is 11.6 Å². The SMILES string of the molecule is O=C(NCCNc1ccncc1)c1ccc(F)cc1. The summed E-state index contributed by atoms with van der Waals surface area (Å²) in [5, 5.41) is 5.90. The predicted octanol–water partition coefficient (Wildman–Crippen LogP) is 2.06. The fraction of sp³-hybridized carbons (Fsp3) is 0.143. The molecule has 19 heavy (non-hydrogen) atoms. The first kappa shape index (κ1) is 13.0. The summed E-state index contributed by atoms with van der Waals surface area (Å²) in [5.74, 6) is -0.563. The molecule has 0 radical (unpaired) electrons. The topological polar surface area (TPSA) is 54.0 Å². The van der Waals surface area contributed by atoms with Gasteiger partial charge in [-0.15, -0.1) is 0 Å². The molecule has 2 rings (SSSR count). The van der Waals surface area contributed by atoms with Crippen LogP contribution in [0.15, 0.2) is 48.8 Å². The molecule has 4 nitrogen and oxygen atoms in total. The lowest BCUT2D eigenvalue weighted by Crippen LogP contribution is -2.28. The van der Waals surface area contributed by atoms with Crippen LogP contribution in [0.3, 0.4) is 0 Å². The van der Waals surface area contributed by atoms with Gasteiger partial charge in [0.15, 0.2) is 0 Å². The van der Waals surface area contributed by atoms with Crippen LogP contribution >= 0.6 is 0 Å². The average molecular weight is 259 g/mol. The van der Waals surface area contributed by atoms with Crippen molar-refractivity contribution in [3.05, 3.63) is 60.2 Å². The fourth-order valence-electron chi connectivity index (χ4n) is 1.56. The number of hydrogen-bond acceptors (Lipinski definition) is 3. The lowest BCUT2D eigenvalue weighted by molar-refractivity contribution is 0.0955. The Morgan fingerprint density at radius 1 is 1.05 bits per heavy atom. The summed E-state index contributed by atoms with van der Waals surface area (Å²) in [6.45, 7) is 1.09. The highest BCUT2D eigenvalue weighted by atomic mass is 19.1. The number of aromatic nitrogens is 1. The number of halogens is 1. The van der Waals surface area contributed by atoms with E-state index < -0.39 is 0 Å². The molecule has 0 aliphatic heterocycles. The Labute approximate surface area is 110 Å². The van der Waals surface area contributed by atoms with Crippen LogP contribution in [0.5, 0.6) is 0 Å². The van der Waals surface area contributed by atoms with Gasteiger partial charge in [-0.1, -0.05) is 0 Å². The first-order valence-corrected chi connectivity index (χ1v) is 5.93. The van der Waals surface area contributed by atoms with Crippen molar-refractivity contribution in [2.45, 2.75) is 0 Å². The lowest BCUT2D eigenvalue weighted by atomic mass is 10.2. The Morgan fingerprint density at radius 3 is 2.42 bits per heavy atom. The lowest BCUT2D eigenvalue weighted by Gasteiger charge is -2.07. The summed E-state index contributed by atoms with van der Waals surface area (Å²) in [7, 11) is 0. The van der Waals surface area contributed by atoms with E-state index in [-0.39, 0.29) is 11.7 Å². The average Bonchev–Trinajstić information content (AvgIpc) is 2.45. The van der Waals surface area contributed by atoms with Gasteiger partial charge in [0.2, 0.25) is 0 Å². The number of nitrogens with one attached hydrogen (secondary N) is 2. The van der Waals surface area contributed by atoms with Crippen molar-refractivity contribution in [1.29, 1.82) is 0 Å². The molecular formula is C14H14FN3O. The zero-order valence-electron chi connectivity index (χ0n) is 10.3. The maximum atomic E-state index is 12.7. The van der Waals surface area contributed by atoms with Gasteiger partial charge < -0.3 is 10.6 Å². The zero-order valence-corrected chi connectivity index (χ0v) is 10.3. The Balaban J connectivity index is 1.74. The normalized spacial score (nSPS) is 9.95. The fourth-order valence-corrected chi connectivity index (χ4v) is 1.56. The molecule has 0 unspecified atom stereocenters. The van der Waals surface area contributed by atoms with Gasteiger partial charge in [0.05, 0.1) is 0 Å². The third-order valence-corrected chi connectivity index (χ3v) is 2.53. The number of carbonyl (C=O) groups is 1. The molecule has 1 amide bonds. The molecule has 1 heterocycles. The molecule has 0 atom stereocenters. The second-order valence-electron chi connectivity index (χ2n) is 3.93. The highest BCUT2D eigenvalue weighted by Crippen LogP contribution is 2.03. The molecule has 5 heteroatoms. The summed E-state index contributed by atoms with van der Waals surface area (Å²) < 4.78 is 12.7. The van der Waals surface area contributed by atoms with Crippen molar-refractivity contribution < 1.29 is 9.18 Å². The summed E-state index contributed by atoms with van der Waals surface area (Å²) in [4.78, 5) is 15.6. The van der Waals surface area contributed by atoms with Crippen LogP contribution in [-0.2, 0) is 0 Å². The van der Waals surface area contributed by atoms with Crippen molar-refractivity contribution in [3.8, 4) is 0 Å². The second kappa shape index (κ2) is 6.49. The van der Waals surface area contributed by atoms with Gasteiger partial charge in [0, 0.05) is 36.7 Å². The molecular weight excluding hydrogens is 245 g/mol. The van der Waals surface area contributed by atoms with Crippen LogP contribution in [-0.4, -0.2) is 24.0 Å². The number of hydrogen-bond donors (Lipinski definition) is 2. The monoisotopic (exact) mass is 259 g/mol. The Kier molecular flexibility index (Phi) is 4.44. The first-order chi connectivity index (χ1) is 9.25. The van der Waals surface area contributed by atoms with E-state index in [2.05, 4.69) is 15.6 Å². The molecule has 98 valence electrons. The Hall–Kier alpha value is -2.43. The number of nitrogens with zero attached hydrogens (tertiary/aromatic N) is 1. The summed E-state index contributed by atoms with van der Waals surface area (Å²) in [6, 6.07) is 9.15. The van der Waals surface area contributed by atoms with Crippen LogP contribution in [0, 0.1) is 5.82 Å². The zero-order chi connectivity index (χ0) is 13.5. The van der Waals surface area contributed by atoms with Gasteiger partial charge >= 0.3 is 0 Å². The molecule has 0 saturated carbocycles. The minimum atomic E-state index is -0.351. The van der Waals surface area contributed by atoms with Gasteiger partial charge in [-0.3, -0.25) is 9.78 Å². The smallest absolute Gasteiger partial charge is 0.251 e. The van der Waals surface area contributed by atoms with Crippen LogP contribution in [0.4, 0.5) is 10.1 Å². The van der Waals surface area contributed by atoms with Gasteiger partial charge in [0.1, 0.15) is 5.82 Å². The molecule has 0 fully saturated rings. The van der Waals surface area contributed by atoms with Crippen LogP contribution < -0.4 is 10.6 Å². The molecule has 0 aliphatic carbocycles. The van der Waals surface area contributed by atoms with E-state index in [9.17, 15) is 9.18 Å². The van der Waals surface area contributed by atoms with E-state index in [0.717, 1.165) is 5.69 Å². The van der Waals surface area contributed by atoms with E-state index in [0.29, 0.717) is 18.7 Å². The number of amides is 1. The summed E-state index contributed by atoms with van der Waals surface area (Å²) in [6.07, 6.45) is 3.39. The van der Waals surface area contributed by atoms with E-state index in [1.54, 1.807) is 12.4 Å². The maximum Gasteiger partial charge on any atom is 0.251 e. The molecule has 0 aliphatic rings. The third-order valence-electron chi connectivity index (χ3n) is 2.53. The van der Waals surface area contributed by atoms with Crippen molar-refractivity contribution in [3.63, 3.8) is 0 Å². The number of anilines is 1. The minimum absolute atomic E-state index is 0.212. The van der Waals surface area contributed by atoms with E-state index in [1.165, 1.54) is 24.3 Å². The van der Waals surface area contributed by atoms with Crippen LogP contribution in [0.1, 0.15) is 10.4 Å². The predicted molar refractivity (Wildman–Crippen MR) is 71.5 cm³/mol. The molecule has 0 bridgehead atoms. The van der Waals surface area contributed by atoms with Gasteiger partial charge in [0.25, 0.3) is 5.91 Å². The largest absolute Gasteiger partial charge is 0.383 e. The van der Waals surface area contributed by atoms with Crippen LogP contribution in [0.2, 0.25) is 0 Å². The molecule has 2 aromatic rings. The molecule has 0 saturated heterocycles. The van der Waals surface area contributed by atoms with E-state index >= 15 is 0 Å². The molecule has 1 aromatic heterocycles. The van der Waals surface area contributed by atoms with Crippen molar-refractivity contribution in [2.75, 3.05) is 18.4 Å². The Morgan fingerprint density at radius 2 is 1.74 bits per heavy atom. The molecule has 0 spiro atoms. The highest BCUT2D eigenvalue weighted by Gasteiger charge is 2.03. The number of pyridine rings is 1. The van der Waals surface area contributed by atoms with Gasteiger partial charge in [-0.25, -0.2) is 4.39 Å². The summed E-state index contributed by atoms with van der Waals surface area (Å²) in [5.41, 5.74) is 1.40. The summed E-state index contributed by atoms with van der Waals surface area (Å²) >= 11 is 0. The number of benzene rings is 1. The standard InChI is InChI=1S/C14H14FN3O/c15-12-3-1-11(2-4-12)14(19)18-10-9-17-13-5-7-16-8-6-13/h1-8H,9-10H2,(H,16,17)(H,18,19). The molecule has 1 aromatic carbocycles. The maximum absolute atomic E-state index is 12.7. The molecule has 2 N–H and O–H groups in total. The van der Waals surface area contributed by atoms with E-state index in [4.69, 9.17) is 0 Å². The third kappa shape index (κ3) is 4.06.